The maximum absolute atomic E-state index is 13.1. The SMILES string of the molecule is Cn1cccc1C(=O)N1CCCC2(CCc3c2nc(-c2cccnc2)[nH]c3=O)C1. The summed E-state index contributed by atoms with van der Waals surface area (Å²) in [5.74, 6) is 0.594. The Morgan fingerprint density at radius 1 is 1.24 bits per heavy atom. The molecule has 1 atom stereocenters. The topological polar surface area (TPSA) is 83.9 Å². The van der Waals surface area contributed by atoms with Gasteiger partial charge >= 0.3 is 0 Å². The molecule has 3 aromatic heterocycles. The van der Waals surface area contributed by atoms with Crippen LogP contribution in [0.25, 0.3) is 11.4 Å². The highest BCUT2D eigenvalue weighted by atomic mass is 16.2. The lowest BCUT2D eigenvalue weighted by Crippen LogP contribution is -2.48. The van der Waals surface area contributed by atoms with Gasteiger partial charge in [0, 0.05) is 55.3 Å². The lowest BCUT2D eigenvalue weighted by Gasteiger charge is -2.40. The van der Waals surface area contributed by atoms with E-state index in [9.17, 15) is 9.59 Å². The Hall–Kier alpha value is -3.22. The molecule has 7 heteroatoms. The van der Waals surface area contributed by atoms with Gasteiger partial charge < -0.3 is 14.5 Å². The summed E-state index contributed by atoms with van der Waals surface area (Å²) in [4.78, 5) is 39.8. The summed E-state index contributed by atoms with van der Waals surface area (Å²) in [6, 6.07) is 7.47. The number of carbonyl (C=O) groups is 1. The summed E-state index contributed by atoms with van der Waals surface area (Å²) in [6.45, 7) is 1.34. The van der Waals surface area contributed by atoms with Crippen LogP contribution >= 0.6 is 0 Å². The average molecular weight is 389 g/mol. The molecule has 3 aromatic rings. The molecule has 1 N–H and O–H groups in total. The molecule has 1 saturated heterocycles. The van der Waals surface area contributed by atoms with E-state index in [0.717, 1.165) is 42.6 Å². The fourth-order valence-electron chi connectivity index (χ4n) is 4.84. The molecule has 0 radical (unpaired) electrons. The van der Waals surface area contributed by atoms with Crippen LogP contribution in [0.1, 0.15) is 41.0 Å². The Bertz CT molecular complexity index is 1130. The van der Waals surface area contributed by atoms with Gasteiger partial charge in [0.25, 0.3) is 11.5 Å². The number of carbonyl (C=O) groups excluding carboxylic acids is 1. The van der Waals surface area contributed by atoms with Crippen molar-refractivity contribution >= 4 is 5.91 Å². The molecule has 4 heterocycles. The van der Waals surface area contributed by atoms with Crippen LogP contribution in [0.2, 0.25) is 0 Å². The summed E-state index contributed by atoms with van der Waals surface area (Å²) in [5, 5.41) is 0. The summed E-state index contributed by atoms with van der Waals surface area (Å²) in [7, 11) is 1.89. The lowest BCUT2D eigenvalue weighted by molar-refractivity contribution is 0.0624. The zero-order valence-corrected chi connectivity index (χ0v) is 16.4. The van der Waals surface area contributed by atoms with Crippen LogP contribution in [0.15, 0.2) is 47.7 Å². The highest BCUT2D eigenvalue weighted by Crippen LogP contribution is 2.43. The van der Waals surface area contributed by atoms with E-state index in [2.05, 4.69) is 9.97 Å². The third-order valence-corrected chi connectivity index (χ3v) is 6.33. The van der Waals surface area contributed by atoms with Gasteiger partial charge in [0.2, 0.25) is 0 Å². The minimum atomic E-state index is -0.250. The average Bonchev–Trinajstić information content (AvgIpc) is 3.32. The van der Waals surface area contributed by atoms with Gasteiger partial charge in [-0.25, -0.2) is 4.98 Å². The summed E-state index contributed by atoms with van der Waals surface area (Å²) >= 11 is 0. The van der Waals surface area contributed by atoms with Gasteiger partial charge in [-0.15, -0.1) is 0 Å². The van der Waals surface area contributed by atoms with Gasteiger partial charge in [-0.2, -0.15) is 0 Å². The highest BCUT2D eigenvalue weighted by Gasteiger charge is 2.46. The largest absolute Gasteiger partial charge is 0.347 e. The molecule has 1 aliphatic carbocycles. The Kier molecular flexibility index (Phi) is 4.12. The Balaban J connectivity index is 1.53. The Morgan fingerprint density at radius 2 is 2.14 bits per heavy atom. The molecule has 7 nitrogen and oxygen atoms in total. The van der Waals surface area contributed by atoms with Gasteiger partial charge in [0.05, 0.1) is 5.69 Å². The molecule has 1 spiro atoms. The fraction of sp³-hybridized carbons (Fsp3) is 0.364. The van der Waals surface area contributed by atoms with E-state index in [-0.39, 0.29) is 16.9 Å². The molecule has 2 aliphatic rings. The zero-order chi connectivity index (χ0) is 20.0. The monoisotopic (exact) mass is 389 g/mol. The van der Waals surface area contributed by atoms with E-state index >= 15 is 0 Å². The fourth-order valence-corrected chi connectivity index (χ4v) is 4.84. The van der Waals surface area contributed by atoms with Crippen molar-refractivity contribution in [3.63, 3.8) is 0 Å². The molecule has 1 amide bonds. The number of aromatic amines is 1. The highest BCUT2D eigenvalue weighted by molar-refractivity contribution is 5.93. The van der Waals surface area contributed by atoms with Crippen molar-refractivity contribution in [2.75, 3.05) is 13.1 Å². The molecule has 29 heavy (non-hydrogen) atoms. The second kappa shape index (κ2) is 6.69. The number of aromatic nitrogens is 4. The molecule has 5 rings (SSSR count). The number of H-pyrrole nitrogens is 1. The first-order valence-corrected chi connectivity index (χ1v) is 10.0. The number of fused-ring (bicyclic) bond motifs is 2. The number of piperidine rings is 1. The van der Waals surface area contributed by atoms with Crippen molar-refractivity contribution in [3.05, 3.63) is 70.2 Å². The third kappa shape index (κ3) is 2.88. The Labute approximate surface area is 168 Å². The van der Waals surface area contributed by atoms with Crippen molar-refractivity contribution in [2.45, 2.75) is 31.1 Å². The van der Waals surface area contributed by atoms with E-state index in [0.29, 0.717) is 24.5 Å². The first-order valence-electron chi connectivity index (χ1n) is 10.0. The summed E-state index contributed by atoms with van der Waals surface area (Å²) in [6.07, 6.45) is 8.71. The van der Waals surface area contributed by atoms with Gasteiger partial charge in [-0.05, 0) is 49.9 Å². The van der Waals surface area contributed by atoms with Crippen LogP contribution in [-0.4, -0.2) is 43.4 Å². The number of pyridine rings is 1. The standard InChI is InChI=1S/C22H23N5O2/c1-26-11-3-6-17(26)21(29)27-12-4-8-22(14-27)9-7-16-18(22)24-19(25-20(16)28)15-5-2-10-23-13-15/h2-3,5-6,10-11,13H,4,7-9,12,14H2,1H3,(H,24,25,28). The predicted molar refractivity (Wildman–Crippen MR) is 109 cm³/mol. The third-order valence-electron chi connectivity index (χ3n) is 6.33. The molecule has 148 valence electrons. The van der Waals surface area contributed by atoms with Crippen molar-refractivity contribution in [1.29, 1.82) is 0 Å². The maximum atomic E-state index is 13.1. The van der Waals surface area contributed by atoms with Crippen molar-refractivity contribution in [2.24, 2.45) is 7.05 Å². The number of amides is 1. The molecule has 0 aromatic carbocycles. The lowest BCUT2D eigenvalue weighted by atomic mass is 9.77. The second-order valence-electron chi connectivity index (χ2n) is 8.10. The first-order chi connectivity index (χ1) is 14.1. The minimum absolute atomic E-state index is 0.0438. The number of hydrogen-bond donors (Lipinski definition) is 1. The summed E-state index contributed by atoms with van der Waals surface area (Å²) < 4.78 is 1.86. The minimum Gasteiger partial charge on any atom is -0.347 e. The Morgan fingerprint density at radius 3 is 2.90 bits per heavy atom. The molecule has 1 fully saturated rings. The van der Waals surface area contributed by atoms with E-state index in [1.54, 1.807) is 12.4 Å². The van der Waals surface area contributed by atoms with Gasteiger partial charge in [-0.3, -0.25) is 14.6 Å². The van der Waals surface area contributed by atoms with Crippen LogP contribution in [0.5, 0.6) is 0 Å². The predicted octanol–water partition coefficient (Wildman–Crippen LogP) is 2.29. The number of hydrogen-bond acceptors (Lipinski definition) is 4. The van der Waals surface area contributed by atoms with E-state index in [4.69, 9.17) is 4.98 Å². The van der Waals surface area contributed by atoms with E-state index in [1.165, 1.54) is 0 Å². The van der Waals surface area contributed by atoms with Crippen LogP contribution in [0.3, 0.4) is 0 Å². The van der Waals surface area contributed by atoms with Crippen LogP contribution in [-0.2, 0) is 18.9 Å². The maximum Gasteiger partial charge on any atom is 0.270 e. The molecule has 0 saturated carbocycles. The van der Waals surface area contributed by atoms with E-state index < -0.39 is 0 Å². The van der Waals surface area contributed by atoms with Gasteiger partial charge in [0.15, 0.2) is 0 Å². The van der Waals surface area contributed by atoms with Gasteiger partial charge in [0.1, 0.15) is 11.5 Å². The first kappa shape index (κ1) is 17.8. The van der Waals surface area contributed by atoms with Crippen LogP contribution < -0.4 is 5.56 Å². The number of nitrogens with one attached hydrogen (secondary N) is 1. The number of rotatable bonds is 2. The smallest absolute Gasteiger partial charge is 0.270 e. The zero-order valence-electron chi connectivity index (χ0n) is 16.4. The molecular weight excluding hydrogens is 366 g/mol. The normalized spacial score (nSPS) is 20.8. The van der Waals surface area contributed by atoms with Crippen LogP contribution in [0.4, 0.5) is 0 Å². The number of nitrogens with zero attached hydrogens (tertiary/aromatic N) is 4. The second-order valence-corrected chi connectivity index (χ2v) is 8.10. The van der Waals surface area contributed by atoms with Gasteiger partial charge in [-0.1, -0.05) is 0 Å². The molecule has 1 aliphatic heterocycles. The number of aryl methyl sites for hydroxylation is 1. The molecular formula is C22H23N5O2. The number of likely N-dealkylation sites (tertiary alicyclic amines) is 1. The van der Waals surface area contributed by atoms with Crippen molar-refractivity contribution < 1.29 is 4.79 Å². The van der Waals surface area contributed by atoms with E-state index in [1.807, 2.05) is 47.0 Å². The molecule has 1 unspecified atom stereocenters. The van der Waals surface area contributed by atoms with Crippen LogP contribution in [0, 0.1) is 0 Å². The molecule has 0 bridgehead atoms. The van der Waals surface area contributed by atoms with Crippen molar-refractivity contribution in [1.82, 2.24) is 24.4 Å². The summed E-state index contributed by atoms with van der Waals surface area (Å²) in [5.41, 5.74) is 2.80. The van der Waals surface area contributed by atoms with Crippen molar-refractivity contribution in [3.8, 4) is 11.4 Å². The quantitative estimate of drug-likeness (QED) is 0.729.